The van der Waals surface area contributed by atoms with E-state index in [1.54, 1.807) is 7.11 Å². The van der Waals surface area contributed by atoms with Gasteiger partial charge in [-0.15, -0.1) is 0 Å². The van der Waals surface area contributed by atoms with Crippen LogP contribution in [0.15, 0.2) is 78.9 Å². The summed E-state index contributed by atoms with van der Waals surface area (Å²) in [6, 6.07) is 27.2. The Labute approximate surface area is 147 Å². The number of pyridine rings is 1. The second kappa shape index (κ2) is 6.40. The van der Waals surface area contributed by atoms with Crippen LogP contribution in [0.1, 0.15) is 5.56 Å². The van der Waals surface area contributed by atoms with E-state index in [0.717, 1.165) is 27.9 Å². The highest BCUT2D eigenvalue weighted by atomic mass is 16.5. The molecule has 0 fully saturated rings. The first-order chi connectivity index (χ1) is 12.2. The van der Waals surface area contributed by atoms with Gasteiger partial charge in [0.2, 0.25) is 0 Å². The summed E-state index contributed by atoms with van der Waals surface area (Å²) in [5.74, 6) is 0.820. The van der Waals surface area contributed by atoms with Gasteiger partial charge in [-0.2, -0.15) is 0 Å². The Bertz CT molecular complexity index is 1020. The van der Waals surface area contributed by atoms with Gasteiger partial charge < -0.3 is 4.74 Å². The van der Waals surface area contributed by atoms with Gasteiger partial charge in [-0.25, -0.2) is 4.98 Å². The number of aromatic nitrogens is 1. The summed E-state index contributed by atoms with van der Waals surface area (Å²) in [7, 11) is 1.68. The number of methoxy groups -OCH3 is 1. The molecule has 4 rings (SSSR count). The lowest BCUT2D eigenvalue weighted by molar-refractivity contribution is 0.415. The summed E-state index contributed by atoms with van der Waals surface area (Å²) >= 11 is 0. The average Bonchev–Trinajstić information content (AvgIpc) is 2.68. The van der Waals surface area contributed by atoms with Crippen molar-refractivity contribution in [2.24, 2.45) is 0 Å². The Balaban J connectivity index is 1.99. The summed E-state index contributed by atoms with van der Waals surface area (Å²) in [5.41, 5.74) is 6.65. The first kappa shape index (κ1) is 15.4. The van der Waals surface area contributed by atoms with Crippen molar-refractivity contribution in [3.05, 3.63) is 84.4 Å². The molecule has 25 heavy (non-hydrogen) atoms. The summed E-state index contributed by atoms with van der Waals surface area (Å²) < 4.78 is 5.39. The summed E-state index contributed by atoms with van der Waals surface area (Å²) in [5, 5.41) is 1.13. The van der Waals surface area contributed by atoms with Crippen LogP contribution >= 0.6 is 0 Å². The SMILES string of the molecule is COc1ccc2c(-c3ccccc3)cc(-c3ccc(C)cc3)nc2c1. The molecule has 0 aliphatic rings. The number of nitrogens with zero attached hydrogens (tertiary/aromatic N) is 1. The minimum Gasteiger partial charge on any atom is -0.497 e. The molecule has 1 heterocycles. The van der Waals surface area contributed by atoms with E-state index in [4.69, 9.17) is 9.72 Å². The zero-order valence-corrected chi connectivity index (χ0v) is 14.4. The molecule has 0 saturated carbocycles. The number of fused-ring (bicyclic) bond motifs is 1. The summed E-state index contributed by atoms with van der Waals surface area (Å²) in [4.78, 5) is 4.89. The summed E-state index contributed by atoms with van der Waals surface area (Å²) in [6.45, 7) is 2.10. The molecule has 0 N–H and O–H groups in total. The largest absolute Gasteiger partial charge is 0.497 e. The molecule has 0 saturated heterocycles. The van der Waals surface area contributed by atoms with Crippen molar-refractivity contribution in [3.8, 4) is 28.1 Å². The monoisotopic (exact) mass is 325 g/mol. The topological polar surface area (TPSA) is 22.1 Å². The third-order valence-electron chi connectivity index (χ3n) is 4.45. The fraction of sp³-hybridized carbons (Fsp3) is 0.0870. The maximum atomic E-state index is 5.39. The molecule has 2 nitrogen and oxygen atoms in total. The maximum Gasteiger partial charge on any atom is 0.121 e. The Hall–Kier alpha value is -3.13. The van der Waals surface area contributed by atoms with E-state index in [-0.39, 0.29) is 0 Å². The number of ether oxygens (including phenoxy) is 1. The smallest absolute Gasteiger partial charge is 0.121 e. The Kier molecular flexibility index (Phi) is 3.95. The predicted octanol–water partition coefficient (Wildman–Crippen LogP) is 5.89. The maximum absolute atomic E-state index is 5.39. The molecule has 3 aromatic carbocycles. The molecule has 122 valence electrons. The zero-order chi connectivity index (χ0) is 17.2. The molecule has 0 bridgehead atoms. The molecule has 0 aliphatic carbocycles. The van der Waals surface area contributed by atoms with Gasteiger partial charge >= 0.3 is 0 Å². The van der Waals surface area contributed by atoms with E-state index in [1.807, 2.05) is 18.2 Å². The third kappa shape index (κ3) is 2.99. The first-order valence-electron chi connectivity index (χ1n) is 8.36. The Morgan fingerprint density at radius 3 is 2.24 bits per heavy atom. The van der Waals surface area contributed by atoms with Gasteiger partial charge in [0.1, 0.15) is 5.75 Å². The lowest BCUT2D eigenvalue weighted by atomic mass is 9.98. The lowest BCUT2D eigenvalue weighted by Crippen LogP contribution is -1.91. The van der Waals surface area contributed by atoms with Gasteiger partial charge in [0.15, 0.2) is 0 Å². The van der Waals surface area contributed by atoms with Crippen molar-refractivity contribution >= 4 is 10.9 Å². The number of hydrogen-bond donors (Lipinski definition) is 0. The van der Waals surface area contributed by atoms with Crippen molar-refractivity contribution in [1.29, 1.82) is 0 Å². The number of benzene rings is 3. The highest BCUT2D eigenvalue weighted by molar-refractivity contribution is 5.97. The van der Waals surface area contributed by atoms with Gasteiger partial charge in [-0.05, 0) is 36.2 Å². The minimum atomic E-state index is 0.820. The van der Waals surface area contributed by atoms with Crippen LogP contribution in [-0.4, -0.2) is 12.1 Å². The zero-order valence-electron chi connectivity index (χ0n) is 14.4. The van der Waals surface area contributed by atoms with Crippen molar-refractivity contribution in [2.75, 3.05) is 7.11 Å². The molecule has 0 unspecified atom stereocenters. The average molecular weight is 325 g/mol. The molecule has 0 aliphatic heterocycles. The molecular weight excluding hydrogens is 306 g/mol. The molecule has 1 aromatic heterocycles. The normalized spacial score (nSPS) is 10.8. The van der Waals surface area contributed by atoms with Crippen molar-refractivity contribution in [3.63, 3.8) is 0 Å². The second-order valence-corrected chi connectivity index (χ2v) is 6.17. The lowest BCUT2D eigenvalue weighted by Gasteiger charge is -2.11. The molecule has 4 aromatic rings. The Morgan fingerprint density at radius 1 is 0.760 bits per heavy atom. The van der Waals surface area contributed by atoms with E-state index >= 15 is 0 Å². The van der Waals surface area contributed by atoms with Crippen LogP contribution in [0.2, 0.25) is 0 Å². The first-order valence-corrected chi connectivity index (χ1v) is 8.36. The van der Waals surface area contributed by atoms with E-state index in [9.17, 15) is 0 Å². The van der Waals surface area contributed by atoms with E-state index < -0.39 is 0 Å². The van der Waals surface area contributed by atoms with Gasteiger partial charge in [-0.3, -0.25) is 0 Å². The predicted molar refractivity (Wildman–Crippen MR) is 104 cm³/mol. The van der Waals surface area contributed by atoms with Crippen LogP contribution in [0.5, 0.6) is 5.75 Å². The fourth-order valence-electron chi connectivity index (χ4n) is 3.06. The molecular formula is C23H19NO. The van der Waals surface area contributed by atoms with Crippen LogP contribution < -0.4 is 4.74 Å². The molecule has 0 spiro atoms. The standard InChI is InChI=1S/C23H19NO/c1-16-8-10-18(11-9-16)22-15-21(17-6-4-3-5-7-17)20-13-12-19(25-2)14-23(20)24-22/h3-15H,1-2H3. The molecule has 0 amide bonds. The van der Waals surface area contributed by atoms with E-state index in [1.165, 1.54) is 16.7 Å². The van der Waals surface area contributed by atoms with Crippen LogP contribution in [0, 0.1) is 6.92 Å². The van der Waals surface area contributed by atoms with E-state index in [2.05, 4.69) is 67.6 Å². The van der Waals surface area contributed by atoms with Gasteiger partial charge in [0.05, 0.1) is 18.3 Å². The molecule has 0 atom stereocenters. The number of aryl methyl sites for hydroxylation is 1. The highest BCUT2D eigenvalue weighted by Gasteiger charge is 2.10. The van der Waals surface area contributed by atoms with E-state index in [0.29, 0.717) is 0 Å². The van der Waals surface area contributed by atoms with Gasteiger partial charge in [0.25, 0.3) is 0 Å². The van der Waals surface area contributed by atoms with Crippen LogP contribution in [0.25, 0.3) is 33.3 Å². The molecule has 2 heteroatoms. The number of rotatable bonds is 3. The summed E-state index contributed by atoms with van der Waals surface area (Å²) in [6.07, 6.45) is 0. The van der Waals surface area contributed by atoms with Crippen molar-refractivity contribution in [1.82, 2.24) is 4.98 Å². The van der Waals surface area contributed by atoms with Crippen LogP contribution in [0.3, 0.4) is 0 Å². The third-order valence-corrected chi connectivity index (χ3v) is 4.45. The quantitative estimate of drug-likeness (QED) is 0.469. The Morgan fingerprint density at radius 2 is 1.52 bits per heavy atom. The van der Waals surface area contributed by atoms with Gasteiger partial charge in [-0.1, -0.05) is 60.2 Å². The van der Waals surface area contributed by atoms with Crippen LogP contribution in [0.4, 0.5) is 0 Å². The van der Waals surface area contributed by atoms with Gasteiger partial charge in [0, 0.05) is 17.0 Å². The molecule has 0 radical (unpaired) electrons. The van der Waals surface area contributed by atoms with Crippen molar-refractivity contribution < 1.29 is 4.74 Å². The van der Waals surface area contributed by atoms with Crippen LogP contribution in [-0.2, 0) is 0 Å². The second-order valence-electron chi connectivity index (χ2n) is 6.17. The minimum absolute atomic E-state index is 0.820. The van der Waals surface area contributed by atoms with Crippen molar-refractivity contribution in [2.45, 2.75) is 6.92 Å². The highest BCUT2D eigenvalue weighted by Crippen LogP contribution is 2.33. The fourth-order valence-corrected chi connectivity index (χ4v) is 3.06. The number of hydrogen-bond acceptors (Lipinski definition) is 2.